The zero-order valence-electron chi connectivity index (χ0n) is 12.1. The third-order valence-corrected chi connectivity index (χ3v) is 4.57. The predicted octanol–water partition coefficient (Wildman–Crippen LogP) is 1.59. The molecule has 118 valence electrons. The lowest BCUT2D eigenvalue weighted by Gasteiger charge is -2.12. The highest BCUT2D eigenvalue weighted by molar-refractivity contribution is 6.30. The van der Waals surface area contributed by atoms with Gasteiger partial charge in [0.2, 0.25) is 11.8 Å². The fourth-order valence-corrected chi connectivity index (χ4v) is 3.20. The third kappa shape index (κ3) is 3.42. The van der Waals surface area contributed by atoms with Crippen LogP contribution in [0.5, 0.6) is 0 Å². The molecule has 2 fully saturated rings. The number of primary amides is 1. The number of carbonyl (C=O) groups is 2. The lowest BCUT2D eigenvalue weighted by atomic mass is 10.1. The molecule has 1 aromatic rings. The summed E-state index contributed by atoms with van der Waals surface area (Å²) in [7, 11) is 0. The van der Waals surface area contributed by atoms with Crippen LogP contribution < -0.4 is 11.1 Å². The fraction of sp³-hybridized carbons (Fsp3) is 0.500. The molecule has 0 aromatic heterocycles. The van der Waals surface area contributed by atoms with Crippen LogP contribution in [0.1, 0.15) is 30.7 Å². The number of carbonyl (C=O) groups excluding carboxylic acids is 2. The molecule has 1 heterocycles. The molecular weight excluding hydrogens is 304 g/mol. The van der Waals surface area contributed by atoms with Gasteiger partial charge in [-0.3, -0.25) is 9.59 Å². The van der Waals surface area contributed by atoms with Gasteiger partial charge in [0.25, 0.3) is 0 Å². The Morgan fingerprint density at radius 3 is 2.86 bits per heavy atom. The van der Waals surface area contributed by atoms with Gasteiger partial charge in [-0.1, -0.05) is 23.7 Å². The number of halogens is 1. The minimum atomic E-state index is -0.512. The van der Waals surface area contributed by atoms with Crippen molar-refractivity contribution in [1.82, 2.24) is 5.32 Å². The Bertz CT molecular complexity index is 593. The van der Waals surface area contributed by atoms with E-state index < -0.39 is 12.0 Å². The van der Waals surface area contributed by atoms with Crippen LogP contribution in [0.3, 0.4) is 0 Å². The van der Waals surface area contributed by atoms with Crippen molar-refractivity contribution in [3.8, 4) is 0 Å². The summed E-state index contributed by atoms with van der Waals surface area (Å²) in [5.74, 6) is -0.137. The highest BCUT2D eigenvalue weighted by Gasteiger charge is 2.44. The van der Waals surface area contributed by atoms with E-state index in [1.165, 1.54) is 0 Å². The second kappa shape index (κ2) is 6.26. The van der Waals surface area contributed by atoms with Crippen LogP contribution in [0, 0.1) is 5.92 Å². The molecule has 6 heteroatoms. The topological polar surface area (TPSA) is 81.4 Å². The van der Waals surface area contributed by atoms with Gasteiger partial charge in [0.05, 0.1) is 6.10 Å². The Labute approximate surface area is 134 Å². The smallest absolute Gasteiger partial charge is 0.246 e. The maximum Gasteiger partial charge on any atom is 0.246 e. The van der Waals surface area contributed by atoms with E-state index in [0.29, 0.717) is 18.0 Å². The highest BCUT2D eigenvalue weighted by Crippen LogP contribution is 2.47. The van der Waals surface area contributed by atoms with Crippen molar-refractivity contribution in [3.63, 3.8) is 0 Å². The first-order valence-electron chi connectivity index (χ1n) is 7.52. The largest absolute Gasteiger partial charge is 0.367 e. The van der Waals surface area contributed by atoms with E-state index in [9.17, 15) is 9.59 Å². The molecule has 0 bridgehead atoms. The number of nitrogens with two attached hydrogens (primary N) is 1. The van der Waals surface area contributed by atoms with Crippen molar-refractivity contribution in [2.45, 2.75) is 37.4 Å². The quantitative estimate of drug-likeness (QED) is 0.863. The summed E-state index contributed by atoms with van der Waals surface area (Å²) in [6.07, 6.45) is 1.59. The van der Waals surface area contributed by atoms with Gasteiger partial charge in [0.15, 0.2) is 0 Å². The molecule has 2 amide bonds. The Kier molecular flexibility index (Phi) is 4.36. The third-order valence-electron chi connectivity index (χ3n) is 4.33. The number of benzene rings is 1. The zero-order chi connectivity index (χ0) is 15.7. The molecule has 1 aliphatic heterocycles. The van der Waals surface area contributed by atoms with Crippen molar-refractivity contribution in [2.24, 2.45) is 11.7 Å². The molecule has 2 aliphatic rings. The van der Waals surface area contributed by atoms with Crippen LogP contribution in [0.4, 0.5) is 0 Å². The number of rotatable bonds is 5. The van der Waals surface area contributed by atoms with Crippen molar-refractivity contribution in [3.05, 3.63) is 34.9 Å². The Balaban J connectivity index is 1.45. The van der Waals surface area contributed by atoms with E-state index in [1.807, 2.05) is 24.3 Å². The highest BCUT2D eigenvalue weighted by atomic mass is 35.5. The van der Waals surface area contributed by atoms with Gasteiger partial charge in [-0.15, -0.1) is 0 Å². The number of hydrogen-bond donors (Lipinski definition) is 2. The first kappa shape index (κ1) is 15.3. The number of amides is 2. The maximum absolute atomic E-state index is 12.2. The number of nitrogens with one attached hydrogen (secondary N) is 1. The Morgan fingerprint density at radius 2 is 2.18 bits per heavy atom. The molecule has 1 saturated carbocycles. The molecule has 3 N–H and O–H groups in total. The maximum atomic E-state index is 12.2. The number of ether oxygens (including phenoxy) is 1. The summed E-state index contributed by atoms with van der Waals surface area (Å²) in [4.78, 5) is 23.2. The normalized spacial score (nSPS) is 30.0. The van der Waals surface area contributed by atoms with E-state index >= 15 is 0 Å². The first-order valence-corrected chi connectivity index (χ1v) is 7.90. The summed E-state index contributed by atoms with van der Waals surface area (Å²) >= 11 is 5.98. The van der Waals surface area contributed by atoms with Gasteiger partial charge < -0.3 is 15.8 Å². The molecule has 4 atom stereocenters. The van der Waals surface area contributed by atoms with E-state index in [0.717, 1.165) is 18.4 Å². The minimum absolute atomic E-state index is 0.00630. The Morgan fingerprint density at radius 1 is 1.36 bits per heavy atom. The standard InChI is InChI=1S/C16H19ClN2O3/c17-10-3-1-2-9(6-10)12-7-13(12)16(21)19-8-11-4-5-14(22-11)15(18)20/h1-3,6,11-14H,4-5,7-8H2,(H2,18,20)(H,19,21). The van der Waals surface area contributed by atoms with Crippen LogP contribution in [-0.4, -0.2) is 30.6 Å². The van der Waals surface area contributed by atoms with E-state index in [4.69, 9.17) is 22.1 Å². The lowest BCUT2D eigenvalue weighted by molar-refractivity contribution is -0.128. The number of hydrogen-bond acceptors (Lipinski definition) is 3. The molecule has 0 spiro atoms. The van der Waals surface area contributed by atoms with Crippen molar-refractivity contribution in [2.75, 3.05) is 6.54 Å². The summed E-state index contributed by atoms with van der Waals surface area (Å²) in [5.41, 5.74) is 6.32. The van der Waals surface area contributed by atoms with Crippen molar-refractivity contribution < 1.29 is 14.3 Å². The van der Waals surface area contributed by atoms with Crippen molar-refractivity contribution in [1.29, 1.82) is 0 Å². The first-order chi connectivity index (χ1) is 10.5. The van der Waals surface area contributed by atoms with Crippen molar-refractivity contribution >= 4 is 23.4 Å². The minimum Gasteiger partial charge on any atom is -0.367 e. The molecule has 1 aliphatic carbocycles. The summed E-state index contributed by atoms with van der Waals surface area (Å²) in [6.45, 7) is 0.432. The second-order valence-corrected chi connectivity index (χ2v) is 6.41. The van der Waals surface area contributed by atoms with Crippen LogP contribution in [0.2, 0.25) is 5.02 Å². The second-order valence-electron chi connectivity index (χ2n) is 5.98. The lowest BCUT2D eigenvalue weighted by Crippen LogP contribution is -2.35. The summed E-state index contributed by atoms with van der Waals surface area (Å²) in [5, 5.41) is 3.61. The van der Waals surface area contributed by atoms with Gasteiger partial charge >= 0.3 is 0 Å². The van der Waals surface area contributed by atoms with E-state index in [2.05, 4.69) is 5.32 Å². The van der Waals surface area contributed by atoms with Gasteiger partial charge in [-0.25, -0.2) is 0 Å². The molecule has 1 aromatic carbocycles. The molecule has 22 heavy (non-hydrogen) atoms. The monoisotopic (exact) mass is 322 g/mol. The summed E-state index contributed by atoms with van der Waals surface area (Å²) < 4.78 is 5.49. The molecule has 1 saturated heterocycles. The van der Waals surface area contributed by atoms with Gasteiger partial charge in [0, 0.05) is 17.5 Å². The van der Waals surface area contributed by atoms with Gasteiger partial charge in [-0.2, -0.15) is 0 Å². The van der Waals surface area contributed by atoms with E-state index in [-0.39, 0.29) is 23.8 Å². The predicted molar refractivity (Wildman–Crippen MR) is 82.4 cm³/mol. The van der Waals surface area contributed by atoms with Crippen LogP contribution in [-0.2, 0) is 14.3 Å². The summed E-state index contributed by atoms with van der Waals surface area (Å²) in [6, 6.07) is 7.65. The molecular formula is C16H19ClN2O3. The fourth-order valence-electron chi connectivity index (χ4n) is 3.00. The van der Waals surface area contributed by atoms with Gasteiger partial charge in [0.1, 0.15) is 6.10 Å². The van der Waals surface area contributed by atoms with Crippen LogP contribution in [0.15, 0.2) is 24.3 Å². The zero-order valence-corrected chi connectivity index (χ0v) is 12.9. The molecule has 4 unspecified atom stereocenters. The van der Waals surface area contributed by atoms with Crippen LogP contribution >= 0.6 is 11.6 Å². The van der Waals surface area contributed by atoms with Gasteiger partial charge in [-0.05, 0) is 42.9 Å². The molecule has 5 nitrogen and oxygen atoms in total. The van der Waals surface area contributed by atoms with Crippen LogP contribution in [0.25, 0.3) is 0 Å². The Hall–Kier alpha value is -1.59. The SMILES string of the molecule is NC(=O)C1CCC(CNC(=O)C2CC2c2cccc(Cl)c2)O1. The average molecular weight is 323 g/mol. The van der Waals surface area contributed by atoms with E-state index in [1.54, 1.807) is 0 Å². The molecule has 0 radical (unpaired) electrons. The average Bonchev–Trinajstić information content (AvgIpc) is 3.15. The molecule has 3 rings (SSSR count).